The maximum absolute atomic E-state index is 14.2. The lowest BCUT2D eigenvalue weighted by atomic mass is 9.64. The van der Waals surface area contributed by atoms with Gasteiger partial charge in [-0.15, -0.1) is 0 Å². The van der Waals surface area contributed by atoms with Crippen LogP contribution in [0, 0.1) is 29.0 Å². The largest absolute Gasteiger partial charge is 0.390 e. The molecule has 1 saturated carbocycles. The van der Waals surface area contributed by atoms with E-state index in [9.17, 15) is 19.1 Å². The zero-order valence-corrected chi connectivity index (χ0v) is 24.4. The van der Waals surface area contributed by atoms with E-state index in [1.807, 2.05) is 19.1 Å². The molecule has 2 aliphatic heterocycles. The number of carbonyl (C=O) groups excluding carboxylic acids is 2. The minimum Gasteiger partial charge on any atom is -0.390 e. The Morgan fingerprint density at radius 1 is 1.18 bits per heavy atom. The Hall–Kier alpha value is -1.93. The van der Waals surface area contributed by atoms with Gasteiger partial charge >= 0.3 is 0 Å². The predicted octanol–water partition coefficient (Wildman–Crippen LogP) is 5.15. The second-order valence-electron chi connectivity index (χ2n) is 13.3. The summed E-state index contributed by atoms with van der Waals surface area (Å²) in [6.45, 7) is 8.30. The minimum atomic E-state index is -0.769. The van der Waals surface area contributed by atoms with Gasteiger partial charge in [0.2, 0.25) is 11.8 Å². The standard InChI is InChI=1S/C30H38Cl2FN3O3/c1-29(2,3)14-22-24-18-12-16(31)13-21(24)36-27(37)25(18)23(15-5-6-20(33)19(32)11-15)26(35-22)28(38)34-17-7-9-30(4,39)10-8-17/h5-6,11-13,17-18,22-26,35,39H,7-10,14H2,1-4H3,(H,34,38)(H,36,37)/t17?,18?,22-,23-,24?,25-,26-,30?/m1/s1. The molecule has 2 unspecified atom stereocenters. The molecule has 2 saturated heterocycles. The highest BCUT2D eigenvalue weighted by Crippen LogP contribution is 2.50. The fraction of sp³-hybridized carbons (Fsp3) is 0.600. The van der Waals surface area contributed by atoms with Crippen molar-refractivity contribution >= 4 is 35.0 Å². The Kier molecular flexibility index (Phi) is 7.68. The lowest BCUT2D eigenvalue weighted by Crippen LogP contribution is -2.55. The van der Waals surface area contributed by atoms with Gasteiger partial charge < -0.3 is 21.1 Å². The number of allylic oxidation sites excluding steroid dienone is 3. The number of nitrogens with one attached hydrogen (secondary N) is 3. The third kappa shape index (κ3) is 5.92. The van der Waals surface area contributed by atoms with Crippen molar-refractivity contribution in [1.29, 1.82) is 0 Å². The van der Waals surface area contributed by atoms with Gasteiger partial charge in [-0.25, -0.2) is 4.39 Å². The smallest absolute Gasteiger partial charge is 0.238 e. The summed E-state index contributed by atoms with van der Waals surface area (Å²) in [5, 5.41) is 20.9. The molecule has 212 valence electrons. The van der Waals surface area contributed by atoms with Crippen molar-refractivity contribution in [3.63, 3.8) is 0 Å². The Labute approximate surface area is 239 Å². The van der Waals surface area contributed by atoms with E-state index in [1.165, 1.54) is 12.1 Å². The Bertz CT molecular complexity index is 1210. The number of hydrogen-bond acceptors (Lipinski definition) is 4. The second kappa shape index (κ2) is 10.5. The Balaban J connectivity index is 1.59. The molecule has 5 rings (SSSR count). The third-order valence-corrected chi connectivity index (χ3v) is 9.35. The first kappa shape index (κ1) is 28.6. The van der Waals surface area contributed by atoms with Gasteiger partial charge in [0.1, 0.15) is 5.82 Å². The molecule has 9 heteroatoms. The summed E-state index contributed by atoms with van der Waals surface area (Å²) < 4.78 is 14.2. The first-order valence-electron chi connectivity index (χ1n) is 13.9. The van der Waals surface area contributed by atoms with Crippen molar-refractivity contribution in [1.82, 2.24) is 16.0 Å². The number of aliphatic hydroxyl groups is 1. The van der Waals surface area contributed by atoms with Crippen molar-refractivity contribution in [2.24, 2.45) is 23.2 Å². The van der Waals surface area contributed by atoms with Crippen LogP contribution in [0.1, 0.15) is 71.3 Å². The average Bonchev–Trinajstić information content (AvgIpc) is 2.92. The molecule has 2 amide bonds. The van der Waals surface area contributed by atoms with Gasteiger partial charge in [0.05, 0.1) is 22.6 Å². The van der Waals surface area contributed by atoms with E-state index in [2.05, 4.69) is 36.7 Å². The molecule has 0 radical (unpaired) electrons. The summed E-state index contributed by atoms with van der Waals surface area (Å²) in [4.78, 5) is 27.9. The molecule has 6 nitrogen and oxygen atoms in total. The fourth-order valence-corrected chi connectivity index (χ4v) is 7.50. The van der Waals surface area contributed by atoms with E-state index in [0.717, 1.165) is 12.1 Å². The molecule has 3 fully saturated rings. The van der Waals surface area contributed by atoms with Gasteiger partial charge in [-0.2, -0.15) is 0 Å². The highest BCUT2D eigenvalue weighted by molar-refractivity contribution is 6.31. The van der Waals surface area contributed by atoms with E-state index in [4.69, 9.17) is 23.2 Å². The van der Waals surface area contributed by atoms with Gasteiger partial charge in [-0.05, 0) is 68.2 Å². The molecule has 2 heterocycles. The van der Waals surface area contributed by atoms with Crippen LogP contribution in [-0.2, 0) is 9.59 Å². The molecule has 39 heavy (non-hydrogen) atoms. The lowest BCUT2D eigenvalue weighted by molar-refractivity contribution is -0.130. The van der Waals surface area contributed by atoms with Crippen LogP contribution in [0.5, 0.6) is 0 Å². The van der Waals surface area contributed by atoms with Gasteiger partial charge in [0.25, 0.3) is 0 Å². The van der Waals surface area contributed by atoms with Crippen LogP contribution in [0.4, 0.5) is 4.39 Å². The Morgan fingerprint density at radius 2 is 1.87 bits per heavy atom. The van der Waals surface area contributed by atoms with Crippen LogP contribution in [0.2, 0.25) is 5.02 Å². The van der Waals surface area contributed by atoms with Gasteiger partial charge in [-0.1, -0.05) is 56.1 Å². The van der Waals surface area contributed by atoms with Crippen LogP contribution in [0.25, 0.3) is 0 Å². The summed E-state index contributed by atoms with van der Waals surface area (Å²) in [6.07, 6.45) is 7.06. The second-order valence-corrected chi connectivity index (χ2v) is 14.1. The van der Waals surface area contributed by atoms with Crippen molar-refractivity contribution < 1.29 is 19.1 Å². The van der Waals surface area contributed by atoms with Crippen LogP contribution < -0.4 is 16.0 Å². The Morgan fingerprint density at radius 3 is 2.51 bits per heavy atom. The first-order valence-corrected chi connectivity index (χ1v) is 14.6. The number of halogens is 3. The molecular formula is C30H38Cl2FN3O3. The quantitative estimate of drug-likeness (QED) is 0.398. The molecule has 2 aliphatic carbocycles. The maximum atomic E-state index is 14.2. The molecule has 0 spiro atoms. The SMILES string of the molecule is CC(C)(C)C[C@H]1N[C@@H](C(=O)NC2CCC(C)(O)CC2)[C@H](c2ccc(F)c(Cl)c2)[C@@H]2C(=O)NC3=CC(Cl)=CC2C31. The number of piperidine rings is 1. The number of hydrogen-bond donors (Lipinski definition) is 4. The molecule has 1 aromatic carbocycles. The summed E-state index contributed by atoms with van der Waals surface area (Å²) in [5.74, 6) is -2.52. The summed E-state index contributed by atoms with van der Waals surface area (Å²) in [6, 6.07) is 3.47. The zero-order valence-electron chi connectivity index (χ0n) is 22.9. The average molecular weight is 579 g/mol. The van der Waals surface area contributed by atoms with Gasteiger partial charge in [0.15, 0.2) is 0 Å². The van der Waals surface area contributed by atoms with Crippen LogP contribution in [0.15, 0.2) is 41.1 Å². The normalized spacial score (nSPS) is 36.3. The van der Waals surface area contributed by atoms with Crippen molar-refractivity contribution in [3.05, 3.63) is 57.5 Å². The monoisotopic (exact) mass is 577 g/mol. The molecular weight excluding hydrogens is 540 g/mol. The molecule has 4 aliphatic rings. The molecule has 4 bridgehead atoms. The number of carbonyl (C=O) groups is 2. The van der Waals surface area contributed by atoms with Gasteiger partial charge in [0, 0.05) is 40.6 Å². The molecule has 6 atom stereocenters. The summed E-state index contributed by atoms with van der Waals surface area (Å²) in [7, 11) is 0. The van der Waals surface area contributed by atoms with Crippen LogP contribution in [0.3, 0.4) is 0 Å². The highest BCUT2D eigenvalue weighted by Gasteiger charge is 2.55. The summed E-state index contributed by atoms with van der Waals surface area (Å²) in [5.41, 5.74) is 0.603. The van der Waals surface area contributed by atoms with E-state index in [0.29, 0.717) is 36.3 Å². The number of rotatable bonds is 4. The van der Waals surface area contributed by atoms with E-state index in [-0.39, 0.29) is 46.2 Å². The van der Waals surface area contributed by atoms with Crippen molar-refractivity contribution in [2.45, 2.75) is 89.4 Å². The van der Waals surface area contributed by atoms with E-state index in [1.54, 1.807) is 6.07 Å². The predicted molar refractivity (Wildman–Crippen MR) is 151 cm³/mol. The fourth-order valence-electron chi connectivity index (χ4n) is 7.05. The first-order chi connectivity index (χ1) is 18.2. The number of amides is 2. The maximum Gasteiger partial charge on any atom is 0.238 e. The van der Waals surface area contributed by atoms with Crippen LogP contribution >= 0.6 is 23.2 Å². The highest BCUT2D eigenvalue weighted by atomic mass is 35.5. The van der Waals surface area contributed by atoms with Gasteiger partial charge in [-0.3, -0.25) is 9.59 Å². The van der Waals surface area contributed by atoms with E-state index < -0.39 is 29.3 Å². The molecule has 4 N–H and O–H groups in total. The lowest BCUT2D eigenvalue weighted by Gasteiger charge is -2.44. The van der Waals surface area contributed by atoms with Crippen LogP contribution in [-0.4, -0.2) is 40.6 Å². The zero-order chi connectivity index (χ0) is 28.3. The van der Waals surface area contributed by atoms with Crippen molar-refractivity contribution in [2.75, 3.05) is 0 Å². The third-order valence-electron chi connectivity index (χ3n) is 8.83. The molecule has 1 aromatic rings. The van der Waals surface area contributed by atoms with Crippen molar-refractivity contribution in [3.8, 4) is 0 Å². The minimum absolute atomic E-state index is 0.0535. The summed E-state index contributed by atoms with van der Waals surface area (Å²) >= 11 is 12.8. The van der Waals surface area contributed by atoms with E-state index >= 15 is 0 Å². The number of benzene rings is 1. The molecule has 0 aromatic heterocycles. The topological polar surface area (TPSA) is 90.5 Å².